The molecule has 0 saturated carbocycles. The molecule has 3 heterocycles. The van der Waals surface area contributed by atoms with Gasteiger partial charge in [0.1, 0.15) is 24.0 Å². The van der Waals surface area contributed by atoms with Gasteiger partial charge in [0, 0.05) is 11.5 Å². The Morgan fingerprint density at radius 1 is 1.35 bits per heavy atom. The number of fused-ring (bicyclic) bond motifs is 1. The number of alkyl halides is 3. The molecule has 4 N–H and O–H groups in total. The van der Waals surface area contributed by atoms with Crippen molar-refractivity contribution in [2.24, 2.45) is 0 Å². The number of hydrogen-bond acceptors (Lipinski definition) is 6. The smallest absolute Gasteiger partial charge is 0.394 e. The second kappa shape index (κ2) is 5.30. The molecule has 0 aromatic carbocycles. The summed E-state index contributed by atoms with van der Waals surface area (Å²) in [7, 11) is 0. The number of nitrogens with one attached hydrogen (secondary N) is 1. The topological polar surface area (TPSA) is 121 Å². The van der Waals surface area contributed by atoms with Gasteiger partial charge >= 0.3 is 6.18 Å². The monoisotopic (exact) mass is 335 g/mol. The van der Waals surface area contributed by atoms with E-state index in [2.05, 4.69) is 10.1 Å². The average Bonchev–Trinajstić information content (AvgIpc) is 3.00. The largest absolute Gasteiger partial charge is 0.417 e. The Hall–Kier alpha value is -1.95. The highest BCUT2D eigenvalue weighted by molar-refractivity contribution is 5.79. The number of pyridine rings is 1. The lowest BCUT2D eigenvalue weighted by Crippen LogP contribution is -2.33. The first kappa shape index (κ1) is 15.9. The number of rotatable bonds is 2. The lowest BCUT2D eigenvalue weighted by Gasteiger charge is -2.16. The summed E-state index contributed by atoms with van der Waals surface area (Å²) in [5.41, 5.74) is -2.48. The van der Waals surface area contributed by atoms with Crippen LogP contribution in [0.3, 0.4) is 0 Å². The molecule has 126 valence electrons. The van der Waals surface area contributed by atoms with Crippen LogP contribution in [0.1, 0.15) is 11.8 Å². The van der Waals surface area contributed by atoms with Gasteiger partial charge in [0.05, 0.1) is 18.4 Å². The number of halogens is 3. The molecular formula is C12H12F3N3O5. The van der Waals surface area contributed by atoms with Crippen LogP contribution in [-0.4, -0.2) is 55.0 Å². The molecule has 1 aliphatic rings. The average molecular weight is 335 g/mol. The van der Waals surface area contributed by atoms with Gasteiger partial charge in [-0.3, -0.25) is 4.79 Å². The molecule has 3 rings (SSSR count). The van der Waals surface area contributed by atoms with Crippen molar-refractivity contribution in [1.82, 2.24) is 14.8 Å². The molecule has 1 saturated heterocycles. The summed E-state index contributed by atoms with van der Waals surface area (Å²) in [5, 5.41) is 32.0. The van der Waals surface area contributed by atoms with Crippen molar-refractivity contribution >= 4 is 11.0 Å². The highest BCUT2D eigenvalue weighted by atomic mass is 19.4. The molecule has 0 aliphatic carbocycles. The molecule has 0 unspecified atom stereocenters. The quantitative estimate of drug-likeness (QED) is 0.579. The lowest BCUT2D eigenvalue weighted by molar-refractivity contribution is -0.136. The molecule has 1 aliphatic heterocycles. The van der Waals surface area contributed by atoms with Crippen LogP contribution in [0.25, 0.3) is 11.0 Å². The number of nitrogens with zero attached hydrogens (tertiary/aromatic N) is 2. The number of H-pyrrole nitrogens is 1. The van der Waals surface area contributed by atoms with Crippen LogP contribution < -0.4 is 5.56 Å². The third kappa shape index (κ3) is 2.51. The summed E-state index contributed by atoms with van der Waals surface area (Å²) in [4.78, 5) is 13.7. The molecule has 4 atom stereocenters. The molecule has 8 nitrogen and oxygen atoms in total. The molecule has 1 fully saturated rings. The molecule has 0 spiro atoms. The van der Waals surface area contributed by atoms with E-state index in [1.807, 2.05) is 0 Å². The summed E-state index contributed by atoms with van der Waals surface area (Å²) < 4.78 is 45.0. The van der Waals surface area contributed by atoms with E-state index in [0.717, 1.165) is 10.9 Å². The fraction of sp³-hybridized carbons (Fsp3) is 0.500. The summed E-state index contributed by atoms with van der Waals surface area (Å²) >= 11 is 0. The molecule has 0 amide bonds. The van der Waals surface area contributed by atoms with Crippen LogP contribution >= 0.6 is 0 Å². The summed E-state index contributed by atoms with van der Waals surface area (Å²) in [6.45, 7) is -0.599. The molecule has 0 radical (unpaired) electrons. The minimum Gasteiger partial charge on any atom is -0.394 e. The van der Waals surface area contributed by atoms with Crippen LogP contribution in [0.4, 0.5) is 13.2 Å². The third-order valence-electron chi connectivity index (χ3n) is 3.67. The zero-order chi connectivity index (χ0) is 16.9. The summed E-state index contributed by atoms with van der Waals surface area (Å²) in [6.07, 6.45) is -9.33. The Kier molecular flexibility index (Phi) is 3.67. The standard InChI is InChI=1S/C12H12F3N3O5/c13-12(14,15)5-1-7(20)17-10-4(5)2-16-18(10)11-9(22)8(21)6(3-19)23-11/h1-2,6,8-9,11,19,21-22H,3H2,(H,17,20)/t6-,8-,9-,11-/m1/s1. The molecule has 0 bridgehead atoms. The van der Waals surface area contributed by atoms with Crippen molar-refractivity contribution in [2.45, 2.75) is 30.7 Å². The maximum absolute atomic E-state index is 13.0. The Labute approximate surface area is 125 Å². The second-order valence-corrected chi connectivity index (χ2v) is 5.13. The van der Waals surface area contributed by atoms with E-state index in [-0.39, 0.29) is 11.0 Å². The lowest BCUT2D eigenvalue weighted by atomic mass is 10.1. The van der Waals surface area contributed by atoms with E-state index in [1.165, 1.54) is 0 Å². The molecular weight excluding hydrogens is 323 g/mol. The van der Waals surface area contributed by atoms with Gasteiger partial charge in [0.25, 0.3) is 0 Å². The highest BCUT2D eigenvalue weighted by Crippen LogP contribution is 2.35. The molecule has 23 heavy (non-hydrogen) atoms. The van der Waals surface area contributed by atoms with Gasteiger partial charge < -0.3 is 25.0 Å². The van der Waals surface area contributed by atoms with Gasteiger partial charge in [-0.1, -0.05) is 0 Å². The minimum atomic E-state index is -4.76. The normalized spacial score (nSPS) is 28.6. The maximum Gasteiger partial charge on any atom is 0.417 e. The van der Waals surface area contributed by atoms with Crippen molar-refractivity contribution in [3.05, 3.63) is 28.2 Å². The molecule has 11 heteroatoms. The van der Waals surface area contributed by atoms with E-state index in [4.69, 9.17) is 9.84 Å². The number of aliphatic hydroxyl groups is 3. The van der Waals surface area contributed by atoms with E-state index >= 15 is 0 Å². The Balaban J connectivity index is 2.14. The van der Waals surface area contributed by atoms with E-state index in [9.17, 15) is 28.2 Å². The van der Waals surface area contributed by atoms with Crippen molar-refractivity contribution < 1.29 is 33.2 Å². The van der Waals surface area contributed by atoms with Gasteiger partial charge in [-0.2, -0.15) is 18.3 Å². The molecule has 2 aromatic rings. The zero-order valence-electron chi connectivity index (χ0n) is 11.4. The minimum absolute atomic E-state index is 0.306. The Morgan fingerprint density at radius 3 is 2.61 bits per heavy atom. The zero-order valence-corrected chi connectivity index (χ0v) is 11.4. The second-order valence-electron chi connectivity index (χ2n) is 5.13. The SMILES string of the molecule is O=c1cc(C(F)(F)F)c2cnn([C@@H]3O[C@H](CO)[C@@H](O)[C@H]3O)c2[nH]1. The number of aromatic amines is 1. The van der Waals surface area contributed by atoms with Crippen LogP contribution in [0.2, 0.25) is 0 Å². The Bertz CT molecular complexity index is 786. The first-order chi connectivity index (χ1) is 10.7. The summed E-state index contributed by atoms with van der Waals surface area (Å²) in [5.74, 6) is 0. The van der Waals surface area contributed by atoms with Crippen LogP contribution in [0.5, 0.6) is 0 Å². The summed E-state index contributed by atoms with van der Waals surface area (Å²) in [6, 6.07) is 0.408. The highest BCUT2D eigenvalue weighted by Gasteiger charge is 2.45. The van der Waals surface area contributed by atoms with Crippen molar-refractivity contribution in [3.63, 3.8) is 0 Å². The van der Waals surface area contributed by atoms with Crippen LogP contribution in [0.15, 0.2) is 17.1 Å². The van der Waals surface area contributed by atoms with Crippen LogP contribution in [-0.2, 0) is 10.9 Å². The van der Waals surface area contributed by atoms with Crippen LogP contribution in [0, 0.1) is 0 Å². The van der Waals surface area contributed by atoms with E-state index < -0.39 is 48.4 Å². The van der Waals surface area contributed by atoms with Crippen molar-refractivity contribution in [1.29, 1.82) is 0 Å². The number of ether oxygens (including phenoxy) is 1. The van der Waals surface area contributed by atoms with Crippen molar-refractivity contribution in [3.8, 4) is 0 Å². The van der Waals surface area contributed by atoms with Gasteiger partial charge in [-0.05, 0) is 0 Å². The predicted molar refractivity (Wildman–Crippen MR) is 68.4 cm³/mol. The van der Waals surface area contributed by atoms with Crippen molar-refractivity contribution in [2.75, 3.05) is 6.61 Å². The van der Waals surface area contributed by atoms with E-state index in [0.29, 0.717) is 6.07 Å². The van der Waals surface area contributed by atoms with Gasteiger partial charge in [0.15, 0.2) is 6.23 Å². The molecule has 2 aromatic heterocycles. The van der Waals surface area contributed by atoms with Gasteiger partial charge in [-0.25, -0.2) is 4.68 Å². The Morgan fingerprint density at radius 2 is 2.04 bits per heavy atom. The van der Waals surface area contributed by atoms with E-state index in [1.54, 1.807) is 0 Å². The van der Waals surface area contributed by atoms with Gasteiger partial charge in [0.2, 0.25) is 5.56 Å². The third-order valence-corrected chi connectivity index (χ3v) is 3.67. The maximum atomic E-state index is 13.0. The number of hydrogen-bond donors (Lipinski definition) is 4. The van der Waals surface area contributed by atoms with Gasteiger partial charge in [-0.15, -0.1) is 0 Å². The first-order valence-corrected chi connectivity index (χ1v) is 6.54. The fourth-order valence-corrected chi connectivity index (χ4v) is 2.56. The fourth-order valence-electron chi connectivity index (χ4n) is 2.56. The number of aliphatic hydroxyl groups excluding tert-OH is 3. The first-order valence-electron chi connectivity index (χ1n) is 6.54. The number of aromatic nitrogens is 3. The predicted octanol–water partition coefficient (Wildman–Crippen LogP) is -0.645.